The maximum Gasteiger partial charge on any atom is 0.443 e. The molecule has 178 valence electrons. The molecule has 1 aromatic carbocycles. The van der Waals surface area contributed by atoms with Crippen LogP contribution in [0.15, 0.2) is 33.7 Å². The van der Waals surface area contributed by atoms with Gasteiger partial charge >= 0.3 is 6.09 Å². The highest BCUT2D eigenvalue weighted by Gasteiger charge is 2.29. The van der Waals surface area contributed by atoms with E-state index in [1.807, 2.05) is 46.8 Å². The van der Waals surface area contributed by atoms with Crippen LogP contribution in [-0.2, 0) is 11.8 Å². The van der Waals surface area contributed by atoms with E-state index >= 15 is 0 Å². The van der Waals surface area contributed by atoms with Gasteiger partial charge in [-0.1, -0.05) is 13.8 Å². The van der Waals surface area contributed by atoms with Crippen molar-refractivity contribution in [2.45, 2.75) is 66.5 Å². The summed E-state index contributed by atoms with van der Waals surface area (Å²) < 4.78 is 7.85. The largest absolute Gasteiger partial charge is 0.443 e. The second-order valence-corrected chi connectivity index (χ2v) is 10.7. The lowest BCUT2D eigenvalue weighted by atomic mass is 10.1. The summed E-state index contributed by atoms with van der Waals surface area (Å²) in [7, 11) is 1.72. The molecule has 3 aromatic rings. The first-order valence-electron chi connectivity index (χ1n) is 11.1. The molecule has 0 aliphatic carbocycles. The van der Waals surface area contributed by atoms with Crippen molar-refractivity contribution in [3.63, 3.8) is 0 Å². The van der Waals surface area contributed by atoms with Crippen molar-refractivity contribution in [1.82, 2.24) is 14.6 Å². The van der Waals surface area contributed by atoms with Crippen molar-refractivity contribution in [2.24, 2.45) is 13.0 Å². The van der Waals surface area contributed by atoms with Crippen LogP contribution in [0.25, 0.3) is 21.7 Å². The minimum absolute atomic E-state index is 0.131. The molecule has 0 bridgehead atoms. The number of pyridine rings is 2. The Balaban J connectivity index is 2.13. The van der Waals surface area contributed by atoms with Gasteiger partial charge in [0, 0.05) is 24.7 Å². The van der Waals surface area contributed by atoms with Gasteiger partial charge in [-0.25, -0.2) is 4.79 Å². The molecule has 8 heteroatoms. The summed E-state index contributed by atoms with van der Waals surface area (Å²) >= 11 is 3.60. The Morgan fingerprint density at radius 1 is 1.21 bits per heavy atom. The maximum atomic E-state index is 13.1. The fourth-order valence-electron chi connectivity index (χ4n) is 3.94. The number of carbonyl (C=O) groups is 1. The molecular weight excluding hydrogens is 486 g/mol. The maximum absolute atomic E-state index is 13.1. The second kappa shape index (κ2) is 9.33. The summed E-state index contributed by atoms with van der Waals surface area (Å²) in [5, 5.41) is 3.58. The first kappa shape index (κ1) is 25.0. The number of aromatic nitrogens is 2. The van der Waals surface area contributed by atoms with Gasteiger partial charge in [0.2, 0.25) is 0 Å². The van der Waals surface area contributed by atoms with Gasteiger partial charge in [-0.2, -0.15) is 0 Å². The molecule has 0 saturated heterocycles. The Labute approximate surface area is 202 Å². The molecule has 7 nitrogen and oxygen atoms in total. The molecule has 0 spiro atoms. The molecule has 2 aromatic heterocycles. The Morgan fingerprint density at radius 2 is 1.88 bits per heavy atom. The van der Waals surface area contributed by atoms with Gasteiger partial charge in [-0.3, -0.25) is 9.78 Å². The summed E-state index contributed by atoms with van der Waals surface area (Å²) in [6.45, 7) is 13.4. The number of hydroxylamine groups is 2. The molecule has 0 unspecified atom stereocenters. The number of carbonyl (C=O) groups excluding carboxylic acids is 1. The zero-order chi connectivity index (χ0) is 24.7. The van der Waals surface area contributed by atoms with Gasteiger partial charge in [-0.15, -0.1) is 5.06 Å². The predicted octanol–water partition coefficient (Wildman–Crippen LogP) is 6.12. The van der Waals surface area contributed by atoms with Crippen LogP contribution in [0.2, 0.25) is 0 Å². The van der Waals surface area contributed by atoms with Crippen molar-refractivity contribution in [2.75, 3.05) is 0 Å². The number of amides is 1. The zero-order valence-corrected chi connectivity index (χ0v) is 22.1. The minimum Gasteiger partial charge on any atom is -0.442 e. The molecule has 1 amide bonds. The van der Waals surface area contributed by atoms with E-state index in [1.54, 1.807) is 23.9 Å². The fraction of sp³-hybridized carbons (Fsp3) is 0.480. The van der Waals surface area contributed by atoms with Gasteiger partial charge < -0.3 is 14.1 Å². The number of aryl methyl sites for hydroxylation is 2. The standard InChI is InChI=1S/C25H32BrN3O4/c1-14(2)11-15(3)29(24(31)32-25(5,6)7)33-21-13-20-18(12-19(21)26)17-9-10-27-16(4)22(17)23(30)28(20)8/h9-10,12-15H,11H2,1-8H3/t15-/m0/s1. The average Bonchev–Trinajstić information content (AvgIpc) is 2.68. The van der Waals surface area contributed by atoms with Crippen LogP contribution < -0.4 is 10.4 Å². The van der Waals surface area contributed by atoms with Crippen molar-refractivity contribution in [3.8, 4) is 5.75 Å². The first-order chi connectivity index (χ1) is 15.3. The van der Waals surface area contributed by atoms with Gasteiger partial charge in [0.25, 0.3) is 5.56 Å². The smallest absolute Gasteiger partial charge is 0.442 e. The number of hydrogen-bond donors (Lipinski definition) is 0. The van der Waals surface area contributed by atoms with E-state index < -0.39 is 11.7 Å². The monoisotopic (exact) mass is 517 g/mol. The number of ether oxygens (including phenoxy) is 1. The van der Waals surface area contributed by atoms with E-state index in [9.17, 15) is 9.59 Å². The highest BCUT2D eigenvalue weighted by molar-refractivity contribution is 9.10. The van der Waals surface area contributed by atoms with Gasteiger partial charge in [-0.05, 0) is 80.4 Å². The van der Waals surface area contributed by atoms with Crippen LogP contribution in [0.4, 0.5) is 4.79 Å². The summed E-state index contributed by atoms with van der Waals surface area (Å²) in [6.07, 6.45) is 1.88. The van der Waals surface area contributed by atoms with Crippen LogP contribution in [0.5, 0.6) is 5.75 Å². The number of nitrogens with zero attached hydrogens (tertiary/aromatic N) is 3. The molecule has 0 saturated carbocycles. The van der Waals surface area contributed by atoms with Crippen LogP contribution in [0, 0.1) is 12.8 Å². The van der Waals surface area contributed by atoms with Crippen molar-refractivity contribution in [3.05, 3.63) is 44.9 Å². The Morgan fingerprint density at radius 3 is 2.48 bits per heavy atom. The topological polar surface area (TPSA) is 73.7 Å². The van der Waals surface area contributed by atoms with Crippen LogP contribution >= 0.6 is 15.9 Å². The molecule has 0 aliphatic rings. The lowest BCUT2D eigenvalue weighted by Crippen LogP contribution is -2.44. The zero-order valence-electron chi connectivity index (χ0n) is 20.5. The summed E-state index contributed by atoms with van der Waals surface area (Å²) in [5.41, 5.74) is 0.585. The van der Waals surface area contributed by atoms with Crippen molar-refractivity contribution >= 4 is 43.7 Å². The van der Waals surface area contributed by atoms with E-state index in [-0.39, 0.29) is 11.6 Å². The summed E-state index contributed by atoms with van der Waals surface area (Å²) in [6, 6.07) is 5.30. The third kappa shape index (κ3) is 5.32. The molecular formula is C25H32BrN3O4. The fourth-order valence-corrected chi connectivity index (χ4v) is 4.36. The van der Waals surface area contributed by atoms with E-state index in [4.69, 9.17) is 9.57 Å². The van der Waals surface area contributed by atoms with Gasteiger partial charge in [0.05, 0.1) is 27.1 Å². The Bertz CT molecular complexity index is 1260. The molecule has 0 radical (unpaired) electrons. The lowest BCUT2D eigenvalue weighted by Gasteiger charge is -2.31. The highest BCUT2D eigenvalue weighted by Crippen LogP contribution is 2.34. The average molecular weight is 518 g/mol. The minimum atomic E-state index is -0.661. The van der Waals surface area contributed by atoms with Crippen LogP contribution in [0.1, 0.15) is 53.7 Å². The van der Waals surface area contributed by atoms with E-state index in [2.05, 4.69) is 34.8 Å². The summed E-state index contributed by atoms with van der Waals surface area (Å²) in [4.78, 5) is 36.5. The van der Waals surface area contributed by atoms with E-state index in [1.165, 1.54) is 5.06 Å². The third-order valence-corrected chi connectivity index (χ3v) is 5.96. The molecule has 3 rings (SSSR count). The number of benzene rings is 1. The Hall–Kier alpha value is -2.61. The van der Waals surface area contributed by atoms with Crippen molar-refractivity contribution < 1.29 is 14.4 Å². The molecule has 1 atom stereocenters. The predicted molar refractivity (Wildman–Crippen MR) is 135 cm³/mol. The van der Waals surface area contributed by atoms with E-state index in [0.29, 0.717) is 32.7 Å². The Kier molecular flexibility index (Phi) is 7.07. The first-order valence-corrected chi connectivity index (χ1v) is 11.9. The molecule has 0 fully saturated rings. The quantitative estimate of drug-likeness (QED) is 0.301. The molecule has 0 N–H and O–H groups in total. The number of halogens is 1. The second-order valence-electron chi connectivity index (χ2n) is 9.86. The SMILES string of the molecule is Cc1nccc2c1c(=O)n(C)c1cc(ON(C(=O)OC(C)(C)C)[C@@H](C)CC(C)C)c(Br)cc21. The molecule has 33 heavy (non-hydrogen) atoms. The van der Waals surface area contributed by atoms with E-state index in [0.717, 1.165) is 17.2 Å². The highest BCUT2D eigenvalue weighted by atomic mass is 79.9. The van der Waals surface area contributed by atoms with Gasteiger partial charge in [0.15, 0.2) is 5.75 Å². The summed E-state index contributed by atoms with van der Waals surface area (Å²) in [5.74, 6) is 0.779. The number of rotatable bonds is 5. The normalized spacial score (nSPS) is 12.9. The lowest BCUT2D eigenvalue weighted by molar-refractivity contribution is -0.0970. The number of fused-ring (bicyclic) bond motifs is 3. The van der Waals surface area contributed by atoms with Gasteiger partial charge in [0.1, 0.15) is 5.60 Å². The van der Waals surface area contributed by atoms with Crippen molar-refractivity contribution in [1.29, 1.82) is 0 Å². The van der Waals surface area contributed by atoms with Crippen LogP contribution in [0.3, 0.4) is 0 Å². The van der Waals surface area contributed by atoms with Crippen LogP contribution in [-0.4, -0.2) is 32.4 Å². The third-order valence-electron chi connectivity index (χ3n) is 5.34. The molecule has 2 heterocycles. The molecule has 0 aliphatic heterocycles. The number of hydrogen-bond acceptors (Lipinski definition) is 5.